The van der Waals surface area contributed by atoms with Crippen molar-refractivity contribution >= 4 is 23.5 Å². The number of aromatic nitrogens is 8. The molecule has 1 fully saturated rings. The van der Waals surface area contributed by atoms with Crippen LogP contribution in [0.15, 0.2) is 36.9 Å². The van der Waals surface area contributed by atoms with Crippen molar-refractivity contribution in [1.82, 2.24) is 38.7 Å². The second kappa shape index (κ2) is 7.73. The summed E-state index contributed by atoms with van der Waals surface area (Å²) in [7, 11) is 7.26. The molecule has 5 rings (SSSR count). The first-order valence-corrected chi connectivity index (χ1v) is 10.5. The summed E-state index contributed by atoms with van der Waals surface area (Å²) in [6, 6.07) is 3.54. The van der Waals surface area contributed by atoms with Gasteiger partial charge in [0, 0.05) is 65.1 Å². The molecule has 12 heteroatoms. The van der Waals surface area contributed by atoms with Gasteiger partial charge in [-0.2, -0.15) is 10.2 Å². The summed E-state index contributed by atoms with van der Waals surface area (Å²) in [6.45, 7) is 0. The lowest BCUT2D eigenvalue weighted by molar-refractivity contribution is -0.122. The molecule has 2 unspecified atom stereocenters. The van der Waals surface area contributed by atoms with E-state index in [1.165, 1.54) is 0 Å². The normalized spacial score (nSPS) is 17.2. The molecule has 2 atom stereocenters. The van der Waals surface area contributed by atoms with Crippen LogP contribution < -0.4 is 10.6 Å². The molecule has 4 aromatic rings. The van der Waals surface area contributed by atoms with Crippen molar-refractivity contribution in [2.75, 3.05) is 10.6 Å². The number of carbonyl (C=O) groups excluding carboxylic acids is 2. The summed E-state index contributed by atoms with van der Waals surface area (Å²) in [5.74, 6) is 1.32. The molecule has 0 bridgehead atoms. The highest BCUT2D eigenvalue weighted by Gasteiger charge is 2.48. The van der Waals surface area contributed by atoms with Crippen LogP contribution in [0, 0.1) is 11.8 Å². The second-order valence-electron chi connectivity index (χ2n) is 8.23. The number of hydrogen-bond acceptors (Lipinski definition) is 6. The zero-order chi connectivity index (χ0) is 23.3. The van der Waals surface area contributed by atoms with Crippen LogP contribution >= 0.6 is 0 Å². The molecule has 0 aliphatic heterocycles. The lowest BCUT2D eigenvalue weighted by Crippen LogP contribution is -2.22. The molecule has 170 valence electrons. The number of anilines is 2. The molecule has 0 aromatic carbocycles. The first-order valence-electron chi connectivity index (χ1n) is 10.5. The van der Waals surface area contributed by atoms with E-state index in [9.17, 15) is 9.59 Å². The standard InChI is InChI=1S/C21H24N10O2/c1-28-7-5-22-18(28)14-10-16(30(3)26-14)24-20(32)12-9-13(12)21(33)25-17-11-15(27-31(17)4)19-23-6-8-29(19)2/h5-8,10-13H,9H2,1-4H3,(H,24,32)(H,25,33). The van der Waals surface area contributed by atoms with E-state index in [1.54, 1.807) is 48.0 Å². The van der Waals surface area contributed by atoms with Gasteiger partial charge in [-0.15, -0.1) is 0 Å². The number of aryl methyl sites for hydroxylation is 4. The van der Waals surface area contributed by atoms with E-state index in [2.05, 4.69) is 30.8 Å². The number of nitrogens with one attached hydrogen (secondary N) is 2. The third-order valence-corrected chi connectivity index (χ3v) is 5.83. The topological polar surface area (TPSA) is 129 Å². The van der Waals surface area contributed by atoms with Crippen molar-refractivity contribution in [3.05, 3.63) is 36.9 Å². The highest BCUT2D eigenvalue weighted by atomic mass is 16.2. The van der Waals surface area contributed by atoms with Crippen molar-refractivity contribution < 1.29 is 9.59 Å². The van der Waals surface area contributed by atoms with Crippen LogP contribution in [0.5, 0.6) is 0 Å². The summed E-state index contributed by atoms with van der Waals surface area (Å²) >= 11 is 0. The van der Waals surface area contributed by atoms with E-state index in [1.807, 2.05) is 35.6 Å². The van der Waals surface area contributed by atoms with Gasteiger partial charge in [-0.1, -0.05) is 0 Å². The Hall–Kier alpha value is -4.22. The summed E-state index contributed by atoms with van der Waals surface area (Å²) in [5.41, 5.74) is 1.32. The van der Waals surface area contributed by atoms with E-state index in [0.29, 0.717) is 41.1 Å². The molecular weight excluding hydrogens is 424 g/mol. The molecule has 1 aliphatic carbocycles. The molecule has 1 aliphatic rings. The van der Waals surface area contributed by atoms with Crippen LogP contribution in [-0.4, -0.2) is 50.5 Å². The Kier molecular flexibility index (Phi) is 4.84. The maximum absolute atomic E-state index is 12.7. The Labute approximate surface area is 189 Å². The minimum atomic E-state index is -0.390. The lowest BCUT2D eigenvalue weighted by Gasteiger charge is -2.06. The molecular formula is C21H24N10O2. The second-order valence-corrected chi connectivity index (χ2v) is 8.23. The first kappa shape index (κ1) is 20.7. The quantitative estimate of drug-likeness (QED) is 0.455. The van der Waals surface area contributed by atoms with Gasteiger partial charge in [-0.3, -0.25) is 19.0 Å². The third-order valence-electron chi connectivity index (χ3n) is 5.83. The van der Waals surface area contributed by atoms with Gasteiger partial charge < -0.3 is 19.8 Å². The number of amides is 2. The lowest BCUT2D eigenvalue weighted by atomic mass is 10.2. The first-order chi connectivity index (χ1) is 15.8. The summed E-state index contributed by atoms with van der Waals surface area (Å²) in [4.78, 5) is 34.0. The van der Waals surface area contributed by atoms with Gasteiger partial charge in [0.05, 0.1) is 11.8 Å². The minimum absolute atomic E-state index is 0.205. The number of hydrogen-bond donors (Lipinski definition) is 2. The maximum atomic E-state index is 12.7. The molecule has 0 spiro atoms. The summed E-state index contributed by atoms with van der Waals surface area (Å²) < 4.78 is 6.89. The smallest absolute Gasteiger partial charge is 0.229 e. The Morgan fingerprint density at radius 1 is 0.788 bits per heavy atom. The predicted molar refractivity (Wildman–Crippen MR) is 120 cm³/mol. The molecule has 0 radical (unpaired) electrons. The van der Waals surface area contributed by atoms with Crippen molar-refractivity contribution in [3.8, 4) is 23.0 Å². The highest BCUT2D eigenvalue weighted by molar-refractivity contribution is 6.03. The fraction of sp³-hybridized carbons (Fsp3) is 0.333. The monoisotopic (exact) mass is 448 g/mol. The van der Waals surface area contributed by atoms with Crippen LogP contribution in [-0.2, 0) is 37.8 Å². The van der Waals surface area contributed by atoms with Crippen LogP contribution in [0.2, 0.25) is 0 Å². The fourth-order valence-corrected chi connectivity index (χ4v) is 3.82. The number of rotatable bonds is 6. The molecule has 2 amide bonds. The van der Waals surface area contributed by atoms with Crippen LogP contribution in [0.3, 0.4) is 0 Å². The fourth-order valence-electron chi connectivity index (χ4n) is 3.82. The molecule has 2 N–H and O–H groups in total. The molecule has 4 aromatic heterocycles. The SMILES string of the molecule is Cn1ccnc1-c1cc(NC(=O)C2CC2C(=O)Nc2cc(-c3nccn3C)nn2C)n(C)n1. The number of carbonyl (C=O) groups is 2. The van der Waals surface area contributed by atoms with Gasteiger partial charge in [0.2, 0.25) is 11.8 Å². The van der Waals surface area contributed by atoms with Crippen molar-refractivity contribution in [2.45, 2.75) is 6.42 Å². The maximum Gasteiger partial charge on any atom is 0.229 e. The highest BCUT2D eigenvalue weighted by Crippen LogP contribution is 2.40. The van der Waals surface area contributed by atoms with Crippen molar-refractivity contribution in [1.29, 1.82) is 0 Å². The van der Waals surface area contributed by atoms with Crippen LogP contribution in [0.4, 0.5) is 11.6 Å². The van der Waals surface area contributed by atoms with Crippen LogP contribution in [0.25, 0.3) is 23.0 Å². The van der Waals surface area contributed by atoms with Gasteiger partial charge in [0.15, 0.2) is 11.6 Å². The van der Waals surface area contributed by atoms with E-state index < -0.39 is 11.8 Å². The van der Waals surface area contributed by atoms with Crippen molar-refractivity contribution in [3.63, 3.8) is 0 Å². The van der Waals surface area contributed by atoms with E-state index >= 15 is 0 Å². The molecule has 33 heavy (non-hydrogen) atoms. The third kappa shape index (κ3) is 3.79. The largest absolute Gasteiger partial charge is 0.333 e. The zero-order valence-corrected chi connectivity index (χ0v) is 18.7. The van der Waals surface area contributed by atoms with E-state index in [4.69, 9.17) is 0 Å². The number of nitrogens with zero attached hydrogens (tertiary/aromatic N) is 8. The van der Waals surface area contributed by atoms with Gasteiger partial charge >= 0.3 is 0 Å². The summed E-state index contributed by atoms with van der Waals surface area (Å²) in [5, 5.41) is 14.6. The van der Waals surface area contributed by atoms with E-state index in [0.717, 1.165) is 0 Å². The van der Waals surface area contributed by atoms with E-state index in [-0.39, 0.29) is 11.8 Å². The Morgan fingerprint density at radius 2 is 1.21 bits per heavy atom. The number of imidazole rings is 2. The van der Waals surface area contributed by atoms with Gasteiger partial charge in [0.25, 0.3) is 0 Å². The molecule has 12 nitrogen and oxygen atoms in total. The Balaban J connectivity index is 1.22. The summed E-state index contributed by atoms with van der Waals surface area (Å²) in [6.07, 6.45) is 7.54. The van der Waals surface area contributed by atoms with Gasteiger partial charge in [-0.05, 0) is 6.42 Å². The average molecular weight is 448 g/mol. The zero-order valence-electron chi connectivity index (χ0n) is 18.7. The Bertz CT molecular complexity index is 1250. The molecule has 4 heterocycles. The predicted octanol–water partition coefficient (Wildman–Crippen LogP) is 1.17. The van der Waals surface area contributed by atoms with Crippen molar-refractivity contribution in [2.24, 2.45) is 40.0 Å². The minimum Gasteiger partial charge on any atom is -0.333 e. The van der Waals surface area contributed by atoms with Crippen LogP contribution in [0.1, 0.15) is 6.42 Å². The average Bonchev–Trinajstić information content (AvgIpc) is 3.01. The van der Waals surface area contributed by atoms with Gasteiger partial charge in [0.1, 0.15) is 23.0 Å². The Morgan fingerprint density at radius 3 is 1.58 bits per heavy atom. The molecule has 1 saturated carbocycles. The molecule has 0 saturated heterocycles. The van der Waals surface area contributed by atoms with Gasteiger partial charge in [-0.25, -0.2) is 9.97 Å².